The summed E-state index contributed by atoms with van der Waals surface area (Å²) in [5, 5.41) is 6.31. The number of nitrogens with one attached hydrogen (secondary N) is 3. The lowest BCUT2D eigenvalue weighted by Gasteiger charge is -2.14. The first-order valence-corrected chi connectivity index (χ1v) is 10.8. The monoisotopic (exact) mass is 434 g/mol. The molecule has 4 rings (SSSR count). The molecule has 2 aromatic heterocycles. The van der Waals surface area contributed by atoms with Crippen LogP contribution in [0.15, 0.2) is 76.5 Å². The second-order valence-corrected chi connectivity index (χ2v) is 8.00. The Balaban J connectivity index is 1.27. The summed E-state index contributed by atoms with van der Waals surface area (Å²) in [6.07, 6.45) is 1.55. The molecule has 1 atom stereocenters. The number of rotatable bonds is 8. The Kier molecular flexibility index (Phi) is 6.37. The van der Waals surface area contributed by atoms with Crippen LogP contribution in [0.5, 0.6) is 0 Å². The molecule has 0 aliphatic rings. The van der Waals surface area contributed by atoms with Crippen molar-refractivity contribution in [1.29, 1.82) is 0 Å². The number of para-hydroxylation sites is 2. The van der Waals surface area contributed by atoms with Gasteiger partial charge in [0.05, 0.1) is 23.8 Å². The van der Waals surface area contributed by atoms with Crippen molar-refractivity contribution in [3.8, 4) is 0 Å². The molecule has 0 fully saturated rings. The Hall–Kier alpha value is -3.52. The van der Waals surface area contributed by atoms with E-state index in [-0.39, 0.29) is 18.4 Å². The largest absolute Gasteiger partial charge is 0.467 e. The van der Waals surface area contributed by atoms with Gasteiger partial charge in [-0.05, 0) is 48.9 Å². The van der Waals surface area contributed by atoms with Crippen LogP contribution in [0.2, 0.25) is 0 Å². The second-order valence-electron chi connectivity index (χ2n) is 7.04. The highest BCUT2D eigenvalue weighted by molar-refractivity contribution is 7.98. The molecule has 2 aromatic carbocycles. The minimum Gasteiger partial charge on any atom is -0.467 e. The number of carbonyl (C=O) groups is 2. The number of hydrogen-bond donors (Lipinski definition) is 3. The lowest BCUT2D eigenvalue weighted by atomic mass is 10.1. The molecule has 4 aromatic rings. The van der Waals surface area contributed by atoms with Crippen molar-refractivity contribution in [1.82, 2.24) is 20.6 Å². The highest BCUT2D eigenvalue weighted by Crippen LogP contribution is 2.23. The number of H-pyrrole nitrogens is 1. The Bertz CT molecular complexity index is 1140. The molecule has 0 aliphatic carbocycles. The zero-order chi connectivity index (χ0) is 21.6. The van der Waals surface area contributed by atoms with Crippen LogP contribution < -0.4 is 10.6 Å². The van der Waals surface area contributed by atoms with Gasteiger partial charge in [-0.2, -0.15) is 0 Å². The van der Waals surface area contributed by atoms with Crippen molar-refractivity contribution in [2.24, 2.45) is 0 Å². The van der Waals surface area contributed by atoms with Crippen LogP contribution in [-0.2, 0) is 17.1 Å². The molecule has 8 heteroatoms. The minimum atomic E-state index is -0.661. The molecule has 0 saturated carbocycles. The highest BCUT2D eigenvalue weighted by atomic mass is 32.2. The van der Waals surface area contributed by atoms with Gasteiger partial charge in [-0.1, -0.05) is 36.0 Å². The maximum absolute atomic E-state index is 12.5. The fourth-order valence-electron chi connectivity index (χ4n) is 2.99. The van der Waals surface area contributed by atoms with E-state index in [0.29, 0.717) is 11.3 Å². The fourth-order valence-corrected chi connectivity index (χ4v) is 3.83. The van der Waals surface area contributed by atoms with Crippen LogP contribution in [0.4, 0.5) is 0 Å². The summed E-state index contributed by atoms with van der Waals surface area (Å²) >= 11 is 1.60. The number of imidazole rings is 1. The van der Waals surface area contributed by atoms with Crippen molar-refractivity contribution < 1.29 is 14.0 Å². The first-order valence-electron chi connectivity index (χ1n) is 9.86. The summed E-state index contributed by atoms with van der Waals surface area (Å²) in [5.41, 5.74) is 3.54. The van der Waals surface area contributed by atoms with E-state index in [0.717, 1.165) is 27.5 Å². The summed E-state index contributed by atoms with van der Waals surface area (Å²) < 4.78 is 5.18. The molecular formula is C23H22N4O3S. The van der Waals surface area contributed by atoms with E-state index in [1.165, 1.54) is 0 Å². The van der Waals surface area contributed by atoms with Gasteiger partial charge in [-0.3, -0.25) is 9.59 Å². The third-order valence-corrected chi connectivity index (χ3v) is 5.66. The van der Waals surface area contributed by atoms with E-state index in [9.17, 15) is 9.59 Å². The van der Waals surface area contributed by atoms with Crippen molar-refractivity contribution >= 4 is 34.6 Å². The number of aromatic amines is 1. The number of furan rings is 1. The van der Waals surface area contributed by atoms with Gasteiger partial charge in [0.1, 0.15) is 11.8 Å². The SMILES string of the molecule is CC(NC(=O)c1ccc(CSc2nc3ccccc3[nH]2)cc1)C(=O)NCc1ccco1. The molecule has 0 saturated heterocycles. The van der Waals surface area contributed by atoms with E-state index >= 15 is 0 Å². The molecule has 7 nitrogen and oxygen atoms in total. The van der Waals surface area contributed by atoms with Crippen molar-refractivity contribution in [3.63, 3.8) is 0 Å². The number of hydrogen-bond acceptors (Lipinski definition) is 5. The van der Waals surface area contributed by atoms with Crippen LogP contribution in [0.3, 0.4) is 0 Å². The zero-order valence-corrected chi connectivity index (χ0v) is 17.7. The Labute approximate surface area is 183 Å². The van der Waals surface area contributed by atoms with E-state index in [4.69, 9.17) is 4.42 Å². The lowest BCUT2D eigenvalue weighted by molar-refractivity contribution is -0.122. The first-order chi connectivity index (χ1) is 15.1. The van der Waals surface area contributed by atoms with Gasteiger partial charge in [0.15, 0.2) is 5.16 Å². The van der Waals surface area contributed by atoms with Crippen molar-refractivity contribution in [2.45, 2.75) is 30.4 Å². The molecule has 0 bridgehead atoms. The molecular weight excluding hydrogens is 412 g/mol. The highest BCUT2D eigenvalue weighted by Gasteiger charge is 2.16. The number of carbonyl (C=O) groups excluding carboxylic acids is 2. The van der Waals surface area contributed by atoms with Crippen LogP contribution in [0.1, 0.15) is 28.6 Å². The standard InChI is InChI=1S/C23H22N4O3S/c1-15(21(28)24-13-18-5-4-12-30-18)25-22(29)17-10-8-16(9-11-17)14-31-23-26-19-6-2-3-7-20(19)27-23/h2-12,15H,13-14H2,1H3,(H,24,28)(H,25,29)(H,26,27). The zero-order valence-electron chi connectivity index (χ0n) is 16.9. The number of aromatic nitrogens is 2. The molecule has 0 radical (unpaired) electrons. The van der Waals surface area contributed by atoms with Gasteiger partial charge < -0.3 is 20.0 Å². The van der Waals surface area contributed by atoms with Gasteiger partial charge in [0.2, 0.25) is 5.91 Å². The topological polar surface area (TPSA) is 100 Å². The van der Waals surface area contributed by atoms with Crippen LogP contribution in [-0.4, -0.2) is 27.8 Å². The third-order valence-electron chi connectivity index (χ3n) is 4.72. The molecule has 158 valence electrons. The van der Waals surface area contributed by atoms with Crippen LogP contribution in [0.25, 0.3) is 11.0 Å². The Morgan fingerprint density at radius 3 is 2.65 bits per heavy atom. The van der Waals surface area contributed by atoms with Crippen LogP contribution in [0, 0.1) is 0 Å². The molecule has 2 amide bonds. The quantitative estimate of drug-likeness (QED) is 0.366. The summed E-state index contributed by atoms with van der Waals surface area (Å²) in [7, 11) is 0. The predicted octanol–water partition coefficient (Wildman–Crippen LogP) is 3.88. The summed E-state index contributed by atoms with van der Waals surface area (Å²) in [4.78, 5) is 32.5. The average Bonchev–Trinajstić information content (AvgIpc) is 3.45. The Morgan fingerprint density at radius 2 is 1.90 bits per heavy atom. The summed E-state index contributed by atoms with van der Waals surface area (Å²) in [6.45, 7) is 1.93. The third kappa shape index (κ3) is 5.35. The minimum absolute atomic E-state index is 0.274. The maximum atomic E-state index is 12.5. The number of thioether (sulfide) groups is 1. The number of benzene rings is 2. The predicted molar refractivity (Wildman–Crippen MR) is 120 cm³/mol. The van der Waals surface area contributed by atoms with Gasteiger partial charge in [-0.15, -0.1) is 0 Å². The molecule has 31 heavy (non-hydrogen) atoms. The normalized spacial score (nSPS) is 11.9. The molecule has 0 aliphatic heterocycles. The van der Waals surface area contributed by atoms with E-state index in [2.05, 4.69) is 20.6 Å². The first kappa shape index (κ1) is 20.7. The molecule has 1 unspecified atom stereocenters. The smallest absolute Gasteiger partial charge is 0.251 e. The summed E-state index contributed by atoms with van der Waals surface area (Å²) in [6, 6.07) is 18.1. The van der Waals surface area contributed by atoms with Crippen molar-refractivity contribution in [2.75, 3.05) is 0 Å². The summed E-state index contributed by atoms with van der Waals surface area (Å²) in [5.74, 6) is 0.816. The number of nitrogens with zero attached hydrogens (tertiary/aromatic N) is 1. The number of amides is 2. The lowest BCUT2D eigenvalue weighted by Crippen LogP contribution is -2.44. The molecule has 0 spiro atoms. The van der Waals surface area contributed by atoms with E-state index < -0.39 is 6.04 Å². The van der Waals surface area contributed by atoms with Crippen molar-refractivity contribution in [3.05, 3.63) is 83.8 Å². The maximum Gasteiger partial charge on any atom is 0.251 e. The molecule has 2 heterocycles. The van der Waals surface area contributed by atoms with Crippen LogP contribution >= 0.6 is 11.8 Å². The average molecular weight is 435 g/mol. The van der Waals surface area contributed by atoms with Gasteiger partial charge in [0, 0.05) is 11.3 Å². The van der Waals surface area contributed by atoms with Gasteiger partial charge in [-0.25, -0.2) is 4.98 Å². The van der Waals surface area contributed by atoms with Gasteiger partial charge >= 0.3 is 0 Å². The fraction of sp³-hybridized carbons (Fsp3) is 0.174. The van der Waals surface area contributed by atoms with E-state index in [1.807, 2.05) is 36.4 Å². The van der Waals surface area contributed by atoms with Gasteiger partial charge in [0.25, 0.3) is 5.91 Å². The van der Waals surface area contributed by atoms with E-state index in [1.54, 1.807) is 49.2 Å². The molecule has 3 N–H and O–H groups in total. The number of fused-ring (bicyclic) bond motifs is 1. The second kappa shape index (κ2) is 9.53. The Morgan fingerprint density at radius 1 is 1.10 bits per heavy atom.